The molecule has 1 unspecified atom stereocenters. The minimum atomic E-state index is -2.36. The standard InChI is InChI=1S/C25H26F2N6OS/c26-21(27)10-17-9-18-23(29-14-30-24(18)35-17)33-6-4-25(13-33)3-5-32(12-25)11-15-1-2-19-16(7-15)8-20(31-19)22(28)34/h1-2,7-9,14,21,31H,3-6,10-13H2,(H2,28,34). The fourth-order valence-electron chi connectivity index (χ4n) is 5.68. The number of alkyl halides is 2. The molecular formula is C25H26F2N6OS. The van der Waals surface area contributed by atoms with Crippen molar-refractivity contribution in [3.63, 3.8) is 0 Å². The van der Waals surface area contributed by atoms with E-state index in [0.29, 0.717) is 10.6 Å². The van der Waals surface area contributed by atoms with Crippen LogP contribution < -0.4 is 10.6 Å². The average molecular weight is 497 g/mol. The normalized spacial score (nSPS) is 20.8. The molecule has 2 aliphatic heterocycles. The van der Waals surface area contributed by atoms with Crippen molar-refractivity contribution in [2.24, 2.45) is 11.1 Å². The summed E-state index contributed by atoms with van der Waals surface area (Å²) in [5, 5.41) is 1.88. The van der Waals surface area contributed by atoms with E-state index in [1.54, 1.807) is 12.4 Å². The van der Waals surface area contributed by atoms with E-state index >= 15 is 0 Å². The number of aromatic nitrogens is 3. The number of nitrogens with one attached hydrogen (secondary N) is 1. The highest BCUT2D eigenvalue weighted by Gasteiger charge is 2.44. The monoisotopic (exact) mass is 496 g/mol. The number of benzene rings is 1. The third-order valence-electron chi connectivity index (χ3n) is 7.33. The lowest BCUT2D eigenvalue weighted by Crippen LogP contribution is -2.31. The summed E-state index contributed by atoms with van der Waals surface area (Å²) < 4.78 is 25.8. The fourth-order valence-corrected chi connectivity index (χ4v) is 6.68. The molecule has 0 bridgehead atoms. The van der Waals surface area contributed by atoms with E-state index < -0.39 is 12.3 Å². The van der Waals surface area contributed by atoms with Crippen molar-refractivity contribution in [3.05, 3.63) is 52.8 Å². The minimum Gasteiger partial charge on any atom is -0.364 e. The number of thiophene rings is 1. The number of anilines is 1. The molecule has 10 heteroatoms. The van der Waals surface area contributed by atoms with Crippen molar-refractivity contribution in [1.29, 1.82) is 0 Å². The van der Waals surface area contributed by atoms with E-state index in [4.69, 9.17) is 5.73 Å². The van der Waals surface area contributed by atoms with Crippen LogP contribution in [0, 0.1) is 5.41 Å². The van der Waals surface area contributed by atoms with E-state index in [1.807, 2.05) is 12.1 Å². The molecule has 2 aliphatic rings. The van der Waals surface area contributed by atoms with Gasteiger partial charge in [-0.05, 0) is 49.2 Å². The molecule has 1 amide bonds. The van der Waals surface area contributed by atoms with Crippen LogP contribution in [-0.2, 0) is 13.0 Å². The first-order valence-corrected chi connectivity index (χ1v) is 12.6. The zero-order valence-corrected chi connectivity index (χ0v) is 20.0. The Hall–Kier alpha value is -3.11. The van der Waals surface area contributed by atoms with Gasteiger partial charge >= 0.3 is 0 Å². The Morgan fingerprint density at radius 1 is 1.17 bits per heavy atom. The Balaban J connectivity index is 1.16. The Morgan fingerprint density at radius 3 is 2.86 bits per heavy atom. The lowest BCUT2D eigenvalue weighted by molar-refractivity contribution is 0.0996. The number of aromatic amines is 1. The number of nitrogens with two attached hydrogens (primary N) is 1. The van der Waals surface area contributed by atoms with Crippen LogP contribution in [0.1, 0.15) is 33.8 Å². The molecule has 182 valence electrons. The lowest BCUT2D eigenvalue weighted by Gasteiger charge is -2.25. The number of fused-ring (bicyclic) bond motifs is 2. The molecule has 1 atom stereocenters. The highest BCUT2D eigenvalue weighted by atomic mass is 32.1. The van der Waals surface area contributed by atoms with Crippen molar-refractivity contribution in [2.45, 2.75) is 32.2 Å². The molecule has 1 aromatic carbocycles. The maximum atomic E-state index is 12.9. The van der Waals surface area contributed by atoms with Gasteiger partial charge in [0.25, 0.3) is 5.91 Å². The van der Waals surface area contributed by atoms with Gasteiger partial charge in [-0.15, -0.1) is 11.3 Å². The molecule has 1 spiro atoms. The van der Waals surface area contributed by atoms with Gasteiger partial charge in [0.05, 0.1) is 5.39 Å². The third-order valence-corrected chi connectivity index (χ3v) is 8.39. The summed E-state index contributed by atoms with van der Waals surface area (Å²) in [6.45, 7) is 4.71. The summed E-state index contributed by atoms with van der Waals surface area (Å²) >= 11 is 1.33. The second-order valence-corrected chi connectivity index (χ2v) is 10.9. The number of amides is 1. The molecule has 2 saturated heterocycles. The Labute approximate surface area is 204 Å². The van der Waals surface area contributed by atoms with Crippen molar-refractivity contribution in [3.8, 4) is 0 Å². The summed E-state index contributed by atoms with van der Waals surface area (Å²) in [5.41, 5.74) is 8.15. The molecule has 0 saturated carbocycles. The van der Waals surface area contributed by atoms with E-state index in [2.05, 4.69) is 36.9 Å². The van der Waals surface area contributed by atoms with Crippen molar-refractivity contribution >= 4 is 44.2 Å². The highest BCUT2D eigenvalue weighted by Crippen LogP contribution is 2.43. The van der Waals surface area contributed by atoms with Gasteiger partial charge in [-0.3, -0.25) is 9.69 Å². The molecule has 0 radical (unpaired) electrons. The van der Waals surface area contributed by atoms with Crippen LogP contribution in [0.25, 0.3) is 21.1 Å². The molecule has 0 aliphatic carbocycles. The first kappa shape index (κ1) is 22.4. The number of hydrogen-bond acceptors (Lipinski definition) is 6. The van der Waals surface area contributed by atoms with E-state index in [-0.39, 0.29) is 11.8 Å². The number of likely N-dealkylation sites (tertiary alicyclic amines) is 1. The topological polar surface area (TPSA) is 91.1 Å². The lowest BCUT2D eigenvalue weighted by atomic mass is 9.86. The Morgan fingerprint density at radius 2 is 2.03 bits per heavy atom. The van der Waals surface area contributed by atoms with E-state index in [0.717, 1.165) is 72.5 Å². The van der Waals surface area contributed by atoms with E-state index in [9.17, 15) is 13.6 Å². The van der Waals surface area contributed by atoms with Gasteiger partial charge in [-0.25, -0.2) is 18.7 Å². The van der Waals surface area contributed by atoms with Gasteiger partial charge in [-0.1, -0.05) is 6.07 Å². The number of H-pyrrole nitrogens is 1. The van der Waals surface area contributed by atoms with Crippen LogP contribution in [0.15, 0.2) is 36.7 Å². The van der Waals surface area contributed by atoms with Crippen molar-refractivity contribution < 1.29 is 13.6 Å². The van der Waals surface area contributed by atoms with E-state index in [1.165, 1.54) is 16.9 Å². The van der Waals surface area contributed by atoms with Gasteiger partial charge < -0.3 is 15.6 Å². The first-order valence-electron chi connectivity index (χ1n) is 11.8. The smallest absolute Gasteiger partial charge is 0.265 e. The quantitative estimate of drug-likeness (QED) is 0.418. The zero-order valence-electron chi connectivity index (χ0n) is 19.1. The van der Waals surface area contributed by atoms with Crippen LogP contribution in [-0.4, -0.2) is 58.4 Å². The van der Waals surface area contributed by atoms with Crippen LogP contribution in [0.4, 0.5) is 14.6 Å². The third kappa shape index (κ3) is 4.25. The maximum Gasteiger partial charge on any atom is 0.265 e. The SMILES string of the molecule is NC(=O)c1cc2cc(CN3CCC4(CCN(c5ncnc6sc(CC(F)F)cc56)C4)C3)ccc2[nH]1. The molecule has 7 nitrogen and oxygen atoms in total. The molecule has 3 aromatic heterocycles. The maximum absolute atomic E-state index is 12.9. The number of nitrogens with zero attached hydrogens (tertiary/aromatic N) is 4. The average Bonchev–Trinajstić information content (AvgIpc) is 3.59. The number of hydrogen-bond donors (Lipinski definition) is 2. The number of rotatable bonds is 6. The zero-order chi connectivity index (χ0) is 24.2. The summed E-state index contributed by atoms with van der Waals surface area (Å²) in [6.07, 6.45) is 1.16. The second-order valence-electron chi connectivity index (χ2n) is 9.83. The number of carbonyl (C=O) groups is 1. The summed E-state index contributed by atoms with van der Waals surface area (Å²) in [7, 11) is 0. The molecule has 6 rings (SSSR count). The van der Waals surface area contributed by atoms with Gasteiger partial charge in [0.2, 0.25) is 6.43 Å². The molecule has 4 aromatic rings. The van der Waals surface area contributed by atoms with Gasteiger partial charge in [0, 0.05) is 53.8 Å². The molecule has 35 heavy (non-hydrogen) atoms. The predicted molar refractivity (Wildman–Crippen MR) is 133 cm³/mol. The summed E-state index contributed by atoms with van der Waals surface area (Å²) in [5.74, 6) is 0.411. The first-order chi connectivity index (χ1) is 16.9. The molecule has 2 fully saturated rings. The number of halogens is 2. The highest BCUT2D eigenvalue weighted by molar-refractivity contribution is 7.18. The van der Waals surface area contributed by atoms with Crippen molar-refractivity contribution in [1.82, 2.24) is 19.9 Å². The molecular weight excluding hydrogens is 470 g/mol. The molecule has 3 N–H and O–H groups in total. The van der Waals surface area contributed by atoms with Crippen LogP contribution >= 0.6 is 11.3 Å². The van der Waals surface area contributed by atoms with Gasteiger partial charge in [0.15, 0.2) is 0 Å². The van der Waals surface area contributed by atoms with Crippen LogP contribution in [0.3, 0.4) is 0 Å². The minimum absolute atomic E-state index is 0.205. The number of carbonyl (C=O) groups excluding carboxylic acids is 1. The summed E-state index contributed by atoms with van der Waals surface area (Å²) in [6, 6.07) is 9.87. The molecule has 5 heterocycles. The Bertz CT molecular complexity index is 1420. The van der Waals surface area contributed by atoms with Crippen molar-refractivity contribution in [2.75, 3.05) is 31.1 Å². The fraction of sp³-hybridized carbons (Fsp3) is 0.400. The number of primary amides is 1. The summed E-state index contributed by atoms with van der Waals surface area (Å²) in [4.78, 5) is 29.6. The largest absolute Gasteiger partial charge is 0.364 e. The Kier molecular flexibility index (Phi) is 5.45. The second kappa shape index (κ2) is 8.53. The van der Waals surface area contributed by atoms with Gasteiger partial charge in [0.1, 0.15) is 22.7 Å². The van der Waals surface area contributed by atoms with Crippen LogP contribution in [0.2, 0.25) is 0 Å². The van der Waals surface area contributed by atoms with Gasteiger partial charge in [-0.2, -0.15) is 0 Å². The predicted octanol–water partition coefficient (Wildman–Crippen LogP) is 4.18. The van der Waals surface area contributed by atoms with Crippen LogP contribution in [0.5, 0.6) is 0 Å².